The van der Waals surface area contributed by atoms with E-state index in [4.69, 9.17) is 8.70 Å². The van der Waals surface area contributed by atoms with Gasteiger partial charge in [-0.05, 0) is 46.6 Å². The molecule has 0 fully saturated rings. The van der Waals surface area contributed by atoms with E-state index in [1.54, 1.807) is 45.0 Å². The lowest BCUT2D eigenvalue weighted by atomic mass is 9.88. The van der Waals surface area contributed by atoms with E-state index in [2.05, 4.69) is 24.0 Å². The molecule has 0 atom stereocenters. The second kappa shape index (κ2) is 10.2. The third-order valence-electron chi connectivity index (χ3n) is 5.95. The summed E-state index contributed by atoms with van der Waals surface area (Å²) in [5.41, 5.74) is 2.20. The number of hydrogen-bond donors (Lipinski definition) is 0. The second-order valence-electron chi connectivity index (χ2n) is 11.0. The number of carbonyl (C=O) groups excluding carboxylic acids is 1. The van der Waals surface area contributed by atoms with Crippen molar-refractivity contribution >= 4 is 32.7 Å². The second-order valence-corrected chi connectivity index (χ2v) is 12.5. The SMILES string of the molecule is CC(C)c1cc(C(C)C)c(S(=O)(=O)O/N=C(\C(=O)C(C)(C)C)c2nc3ccccc3o2)c(C(C)C)c1. The van der Waals surface area contributed by atoms with Gasteiger partial charge in [-0.3, -0.25) is 9.08 Å². The predicted molar refractivity (Wildman–Crippen MR) is 142 cm³/mol. The summed E-state index contributed by atoms with van der Waals surface area (Å²) in [6.07, 6.45) is 0. The molecule has 1 heterocycles. The van der Waals surface area contributed by atoms with E-state index in [1.807, 2.05) is 39.8 Å². The molecule has 8 heteroatoms. The summed E-state index contributed by atoms with van der Waals surface area (Å²) in [5, 5.41) is 3.88. The Morgan fingerprint density at radius 3 is 1.97 bits per heavy atom. The van der Waals surface area contributed by atoms with Gasteiger partial charge in [0.25, 0.3) is 5.89 Å². The van der Waals surface area contributed by atoms with Gasteiger partial charge in [0.1, 0.15) is 10.4 Å². The van der Waals surface area contributed by atoms with Crippen LogP contribution < -0.4 is 0 Å². The molecule has 3 aromatic rings. The molecule has 0 aliphatic heterocycles. The Labute approximate surface area is 214 Å². The molecule has 0 aliphatic rings. The minimum Gasteiger partial charge on any atom is -0.435 e. The maximum atomic E-state index is 13.7. The first kappa shape index (κ1) is 27.6. The summed E-state index contributed by atoms with van der Waals surface area (Å²) >= 11 is 0. The van der Waals surface area contributed by atoms with Crippen molar-refractivity contribution in [1.82, 2.24) is 4.98 Å². The van der Waals surface area contributed by atoms with Gasteiger partial charge in [0.15, 0.2) is 11.4 Å². The van der Waals surface area contributed by atoms with Gasteiger partial charge in [0.2, 0.25) is 5.71 Å². The molecule has 0 saturated heterocycles. The van der Waals surface area contributed by atoms with Gasteiger partial charge in [0.05, 0.1) is 0 Å². The summed E-state index contributed by atoms with van der Waals surface area (Å²) < 4.78 is 38.3. The Kier molecular flexibility index (Phi) is 7.79. The van der Waals surface area contributed by atoms with E-state index in [0.29, 0.717) is 22.2 Å². The highest BCUT2D eigenvalue weighted by atomic mass is 32.2. The van der Waals surface area contributed by atoms with Crippen molar-refractivity contribution in [3.8, 4) is 0 Å². The highest BCUT2D eigenvalue weighted by Gasteiger charge is 2.34. The third-order valence-corrected chi connectivity index (χ3v) is 7.19. The minimum atomic E-state index is -4.38. The molecule has 0 radical (unpaired) electrons. The van der Waals surface area contributed by atoms with E-state index in [-0.39, 0.29) is 34.3 Å². The lowest BCUT2D eigenvalue weighted by Gasteiger charge is -2.21. The van der Waals surface area contributed by atoms with Gasteiger partial charge in [0, 0.05) is 5.41 Å². The van der Waals surface area contributed by atoms with Gasteiger partial charge >= 0.3 is 10.1 Å². The summed E-state index contributed by atoms with van der Waals surface area (Å²) in [5.74, 6) is -0.467. The van der Waals surface area contributed by atoms with Crippen LogP contribution in [0.25, 0.3) is 11.1 Å². The van der Waals surface area contributed by atoms with Crippen LogP contribution in [0.5, 0.6) is 0 Å². The van der Waals surface area contributed by atoms with E-state index in [0.717, 1.165) is 5.56 Å². The first-order chi connectivity index (χ1) is 16.6. The molecular formula is C28H36N2O5S. The monoisotopic (exact) mass is 512 g/mol. The average Bonchev–Trinajstić information content (AvgIpc) is 3.21. The lowest BCUT2D eigenvalue weighted by molar-refractivity contribution is -0.119. The van der Waals surface area contributed by atoms with E-state index >= 15 is 0 Å². The van der Waals surface area contributed by atoms with Crippen LogP contribution in [0.3, 0.4) is 0 Å². The molecular weight excluding hydrogens is 476 g/mol. The first-order valence-electron chi connectivity index (χ1n) is 12.2. The molecule has 1 aromatic heterocycles. The van der Waals surface area contributed by atoms with E-state index in [9.17, 15) is 13.2 Å². The van der Waals surface area contributed by atoms with Crippen LogP contribution in [0.2, 0.25) is 0 Å². The lowest BCUT2D eigenvalue weighted by Crippen LogP contribution is -2.30. The number of Topliss-reactive ketones (excluding diaryl/α,β-unsaturated/α-hetero) is 1. The van der Waals surface area contributed by atoms with Crippen LogP contribution in [0.4, 0.5) is 0 Å². The fraction of sp³-hybridized carbons (Fsp3) is 0.464. The molecule has 0 N–H and O–H groups in total. The number of hydrogen-bond acceptors (Lipinski definition) is 7. The molecule has 7 nitrogen and oxygen atoms in total. The molecule has 0 saturated carbocycles. The van der Waals surface area contributed by atoms with Gasteiger partial charge in [-0.25, -0.2) is 4.98 Å². The minimum absolute atomic E-state index is 0.0775. The zero-order valence-corrected chi connectivity index (χ0v) is 23.4. The predicted octanol–water partition coefficient (Wildman–Crippen LogP) is 6.92. The Bertz CT molecular complexity index is 1350. The Balaban J connectivity index is 2.19. The number of carbonyl (C=O) groups is 1. The molecule has 2 aromatic carbocycles. The number of rotatable bonds is 8. The zero-order valence-electron chi connectivity index (χ0n) is 22.5. The number of nitrogens with zero attached hydrogens (tertiary/aromatic N) is 2. The van der Waals surface area contributed by atoms with Gasteiger partial charge in [-0.2, -0.15) is 8.42 Å². The molecule has 0 bridgehead atoms. The molecule has 36 heavy (non-hydrogen) atoms. The van der Waals surface area contributed by atoms with Crippen LogP contribution in [0, 0.1) is 5.41 Å². The Hall–Kier alpha value is -3.00. The molecule has 0 aliphatic carbocycles. The van der Waals surface area contributed by atoms with Crippen LogP contribution >= 0.6 is 0 Å². The highest BCUT2D eigenvalue weighted by molar-refractivity contribution is 7.86. The molecule has 0 spiro atoms. The number of para-hydroxylation sites is 2. The molecule has 3 rings (SSSR count). The number of aromatic nitrogens is 1. The Morgan fingerprint density at radius 1 is 0.944 bits per heavy atom. The fourth-order valence-corrected chi connectivity index (χ4v) is 5.22. The largest absolute Gasteiger partial charge is 0.435 e. The van der Waals surface area contributed by atoms with Crippen LogP contribution in [0.15, 0.2) is 50.9 Å². The van der Waals surface area contributed by atoms with Crippen molar-refractivity contribution in [2.45, 2.75) is 85.0 Å². The zero-order chi connectivity index (χ0) is 27.0. The normalized spacial score (nSPS) is 13.3. The number of oxime groups is 1. The van der Waals surface area contributed by atoms with Crippen LogP contribution in [0.1, 0.15) is 103 Å². The van der Waals surface area contributed by atoms with E-state index < -0.39 is 21.3 Å². The topological polar surface area (TPSA) is 98.8 Å². The number of fused-ring (bicyclic) bond motifs is 1. The van der Waals surface area contributed by atoms with Crippen molar-refractivity contribution < 1.29 is 21.9 Å². The van der Waals surface area contributed by atoms with Crippen LogP contribution in [-0.2, 0) is 19.2 Å². The van der Waals surface area contributed by atoms with Crippen molar-refractivity contribution in [3.63, 3.8) is 0 Å². The molecule has 194 valence electrons. The van der Waals surface area contributed by atoms with Gasteiger partial charge in [-0.1, -0.05) is 91.7 Å². The van der Waals surface area contributed by atoms with E-state index in [1.165, 1.54) is 0 Å². The first-order valence-corrected chi connectivity index (χ1v) is 13.6. The summed E-state index contributed by atoms with van der Waals surface area (Å²) in [6.45, 7) is 17.0. The van der Waals surface area contributed by atoms with Crippen molar-refractivity contribution in [2.75, 3.05) is 0 Å². The van der Waals surface area contributed by atoms with Crippen molar-refractivity contribution in [3.05, 3.63) is 59.0 Å². The quantitative estimate of drug-likeness (QED) is 0.240. The number of oxazole rings is 1. The maximum Gasteiger partial charge on any atom is 0.359 e. The highest BCUT2D eigenvalue weighted by Crippen LogP contribution is 2.36. The van der Waals surface area contributed by atoms with Crippen LogP contribution in [-0.4, -0.2) is 24.9 Å². The average molecular weight is 513 g/mol. The smallest absolute Gasteiger partial charge is 0.359 e. The summed E-state index contributed by atoms with van der Waals surface area (Å²) in [6, 6.07) is 10.9. The fourth-order valence-electron chi connectivity index (χ4n) is 3.81. The molecule has 0 unspecified atom stereocenters. The number of ketones is 1. The van der Waals surface area contributed by atoms with Gasteiger partial charge in [-0.15, -0.1) is 0 Å². The summed E-state index contributed by atoms with van der Waals surface area (Å²) in [7, 11) is -4.38. The van der Waals surface area contributed by atoms with Crippen molar-refractivity contribution in [1.29, 1.82) is 0 Å². The Morgan fingerprint density at radius 2 is 1.50 bits per heavy atom. The maximum absolute atomic E-state index is 13.7. The van der Waals surface area contributed by atoms with Gasteiger partial charge < -0.3 is 4.42 Å². The summed E-state index contributed by atoms with van der Waals surface area (Å²) in [4.78, 5) is 17.7. The third kappa shape index (κ3) is 5.69. The molecule has 0 amide bonds. The number of benzene rings is 2. The van der Waals surface area contributed by atoms with Crippen molar-refractivity contribution in [2.24, 2.45) is 10.6 Å². The standard InChI is InChI=1S/C28H36N2O5S/c1-16(2)19-14-20(17(3)4)25(21(15-19)18(5)6)36(32,33)35-30-24(26(31)28(7,8)9)27-29-22-12-10-11-13-23(22)34-27/h10-18H,1-9H3/b30-24+.